The lowest BCUT2D eigenvalue weighted by Gasteiger charge is -2.22. The first-order valence-electron chi connectivity index (χ1n) is 6.53. The van der Waals surface area contributed by atoms with E-state index in [-0.39, 0.29) is 0 Å². The summed E-state index contributed by atoms with van der Waals surface area (Å²) in [6, 6.07) is 0.648. The quantitative estimate of drug-likeness (QED) is 0.635. The van der Waals surface area contributed by atoms with E-state index in [0.29, 0.717) is 6.04 Å². The summed E-state index contributed by atoms with van der Waals surface area (Å²) in [4.78, 5) is 2.42. The molecule has 0 aliphatic rings. The normalized spacial score (nSPS) is 15.6. The first-order valence-corrected chi connectivity index (χ1v) is 6.53. The minimum absolute atomic E-state index is 0.648. The van der Waals surface area contributed by atoms with Crippen LogP contribution in [0.5, 0.6) is 0 Å². The molecule has 0 saturated carbocycles. The molecule has 0 fully saturated rings. The Bertz CT molecular complexity index is 136. The van der Waals surface area contributed by atoms with Crippen molar-refractivity contribution in [1.29, 1.82) is 0 Å². The van der Waals surface area contributed by atoms with Crippen molar-refractivity contribution in [2.75, 3.05) is 26.7 Å². The predicted octanol–water partition coefficient (Wildman–Crippen LogP) is 2.74. The number of rotatable bonds is 9. The van der Waals surface area contributed by atoms with Crippen LogP contribution in [0.3, 0.4) is 0 Å². The highest BCUT2D eigenvalue weighted by Crippen LogP contribution is 2.05. The molecule has 0 saturated heterocycles. The van der Waals surface area contributed by atoms with E-state index in [1.54, 1.807) is 0 Å². The van der Waals surface area contributed by atoms with Crippen molar-refractivity contribution in [2.45, 2.75) is 53.0 Å². The van der Waals surface area contributed by atoms with Gasteiger partial charge in [0.2, 0.25) is 0 Å². The van der Waals surface area contributed by atoms with Crippen molar-refractivity contribution < 1.29 is 0 Å². The van der Waals surface area contributed by atoms with E-state index >= 15 is 0 Å². The fraction of sp³-hybridized carbons (Fsp3) is 1.00. The van der Waals surface area contributed by atoms with Crippen LogP contribution in [0.15, 0.2) is 0 Å². The van der Waals surface area contributed by atoms with E-state index in [4.69, 9.17) is 0 Å². The summed E-state index contributed by atoms with van der Waals surface area (Å²) in [5, 5.41) is 3.60. The summed E-state index contributed by atoms with van der Waals surface area (Å²) in [6.07, 6.45) is 3.87. The molecule has 0 aromatic rings. The van der Waals surface area contributed by atoms with Gasteiger partial charge in [0.05, 0.1) is 0 Å². The maximum absolute atomic E-state index is 3.60. The standard InChI is InChI=1S/C13H30N2/c1-6-8-10-15(5)11-9-14-13(4)12(3)7-2/h12-14H,6-11H2,1-5H3. The molecule has 0 amide bonds. The molecule has 1 N–H and O–H groups in total. The largest absolute Gasteiger partial charge is 0.313 e. The zero-order chi connectivity index (χ0) is 11.7. The summed E-state index contributed by atoms with van der Waals surface area (Å²) in [5.41, 5.74) is 0. The first kappa shape index (κ1) is 14.9. The summed E-state index contributed by atoms with van der Waals surface area (Å²) < 4.78 is 0. The summed E-state index contributed by atoms with van der Waals surface area (Å²) in [5.74, 6) is 0.783. The molecule has 15 heavy (non-hydrogen) atoms. The Hall–Kier alpha value is -0.0800. The molecule has 0 radical (unpaired) electrons. The van der Waals surface area contributed by atoms with Crippen LogP contribution in [-0.4, -0.2) is 37.6 Å². The summed E-state index contributed by atoms with van der Waals surface area (Å²) >= 11 is 0. The Morgan fingerprint density at radius 1 is 1.13 bits per heavy atom. The average molecular weight is 214 g/mol. The van der Waals surface area contributed by atoms with Gasteiger partial charge in [-0.25, -0.2) is 0 Å². The highest BCUT2D eigenvalue weighted by atomic mass is 15.1. The minimum Gasteiger partial charge on any atom is -0.313 e. The van der Waals surface area contributed by atoms with Gasteiger partial charge in [0.25, 0.3) is 0 Å². The van der Waals surface area contributed by atoms with Crippen molar-refractivity contribution >= 4 is 0 Å². The Labute approximate surface area is 96.4 Å². The average Bonchev–Trinajstić information content (AvgIpc) is 2.24. The van der Waals surface area contributed by atoms with Gasteiger partial charge in [-0.2, -0.15) is 0 Å². The van der Waals surface area contributed by atoms with Crippen LogP contribution in [0.2, 0.25) is 0 Å². The van der Waals surface area contributed by atoms with Crippen LogP contribution in [0.1, 0.15) is 47.0 Å². The first-order chi connectivity index (χ1) is 7.11. The van der Waals surface area contributed by atoms with E-state index < -0.39 is 0 Å². The molecular formula is C13H30N2. The van der Waals surface area contributed by atoms with Crippen LogP contribution in [0.4, 0.5) is 0 Å². The fourth-order valence-electron chi connectivity index (χ4n) is 1.58. The summed E-state index contributed by atoms with van der Waals surface area (Å²) in [6.45, 7) is 12.6. The molecule has 2 nitrogen and oxygen atoms in total. The Kier molecular flexibility index (Phi) is 9.12. The SMILES string of the molecule is CCCCN(C)CCNC(C)C(C)CC. The Balaban J connectivity index is 3.43. The monoisotopic (exact) mass is 214 g/mol. The van der Waals surface area contributed by atoms with Gasteiger partial charge < -0.3 is 10.2 Å². The molecule has 0 aromatic heterocycles. The second kappa shape index (κ2) is 9.17. The smallest absolute Gasteiger partial charge is 0.0104 e. The second-order valence-corrected chi connectivity index (χ2v) is 4.79. The molecule has 2 unspecified atom stereocenters. The highest BCUT2D eigenvalue weighted by molar-refractivity contribution is 4.67. The van der Waals surface area contributed by atoms with Gasteiger partial charge >= 0.3 is 0 Å². The molecule has 0 rings (SSSR count). The molecule has 2 heteroatoms. The Morgan fingerprint density at radius 3 is 2.33 bits per heavy atom. The lowest BCUT2D eigenvalue weighted by Crippen LogP contribution is -2.37. The van der Waals surface area contributed by atoms with Crippen LogP contribution < -0.4 is 5.32 Å². The van der Waals surface area contributed by atoms with Crippen LogP contribution in [-0.2, 0) is 0 Å². The van der Waals surface area contributed by atoms with Crippen molar-refractivity contribution in [3.8, 4) is 0 Å². The number of hydrogen-bond donors (Lipinski definition) is 1. The fourth-order valence-corrected chi connectivity index (χ4v) is 1.58. The molecule has 0 spiro atoms. The van der Waals surface area contributed by atoms with Gasteiger partial charge in [0.1, 0.15) is 0 Å². The third-order valence-corrected chi connectivity index (χ3v) is 3.35. The number of nitrogens with one attached hydrogen (secondary N) is 1. The van der Waals surface area contributed by atoms with E-state index in [9.17, 15) is 0 Å². The molecule has 2 atom stereocenters. The lowest BCUT2D eigenvalue weighted by atomic mass is 10.0. The number of hydrogen-bond acceptors (Lipinski definition) is 2. The van der Waals surface area contributed by atoms with Crippen molar-refractivity contribution in [3.05, 3.63) is 0 Å². The van der Waals surface area contributed by atoms with Crippen LogP contribution in [0.25, 0.3) is 0 Å². The van der Waals surface area contributed by atoms with E-state index in [2.05, 4.69) is 45.0 Å². The van der Waals surface area contributed by atoms with E-state index in [1.165, 1.54) is 32.4 Å². The number of nitrogens with zero attached hydrogens (tertiary/aromatic N) is 1. The molecule has 92 valence electrons. The van der Waals surface area contributed by atoms with Crippen molar-refractivity contribution in [2.24, 2.45) is 5.92 Å². The van der Waals surface area contributed by atoms with E-state index in [1.807, 2.05) is 0 Å². The van der Waals surface area contributed by atoms with Crippen LogP contribution >= 0.6 is 0 Å². The van der Waals surface area contributed by atoms with Crippen molar-refractivity contribution in [3.63, 3.8) is 0 Å². The van der Waals surface area contributed by atoms with E-state index in [0.717, 1.165) is 12.5 Å². The molecule has 0 aliphatic heterocycles. The predicted molar refractivity (Wildman–Crippen MR) is 69.3 cm³/mol. The van der Waals surface area contributed by atoms with Gasteiger partial charge in [-0.15, -0.1) is 0 Å². The molecule has 0 aliphatic carbocycles. The topological polar surface area (TPSA) is 15.3 Å². The number of likely N-dealkylation sites (N-methyl/N-ethyl adjacent to an activating group) is 1. The Morgan fingerprint density at radius 2 is 1.80 bits per heavy atom. The second-order valence-electron chi connectivity index (χ2n) is 4.79. The van der Waals surface area contributed by atoms with Gasteiger partial charge in [0.15, 0.2) is 0 Å². The zero-order valence-corrected chi connectivity index (χ0v) is 11.3. The minimum atomic E-state index is 0.648. The molecule has 0 bridgehead atoms. The third-order valence-electron chi connectivity index (χ3n) is 3.35. The molecular weight excluding hydrogens is 184 g/mol. The number of unbranched alkanes of at least 4 members (excludes halogenated alkanes) is 1. The molecule has 0 heterocycles. The van der Waals surface area contributed by atoms with Gasteiger partial charge in [0, 0.05) is 19.1 Å². The van der Waals surface area contributed by atoms with Gasteiger partial charge in [-0.05, 0) is 32.9 Å². The van der Waals surface area contributed by atoms with Crippen molar-refractivity contribution in [1.82, 2.24) is 10.2 Å². The van der Waals surface area contributed by atoms with Crippen LogP contribution in [0, 0.1) is 5.92 Å². The lowest BCUT2D eigenvalue weighted by molar-refractivity contribution is 0.305. The maximum Gasteiger partial charge on any atom is 0.0104 e. The zero-order valence-electron chi connectivity index (χ0n) is 11.3. The van der Waals surface area contributed by atoms with Gasteiger partial charge in [-0.1, -0.05) is 33.6 Å². The summed E-state index contributed by atoms with van der Waals surface area (Å²) in [7, 11) is 2.21. The maximum atomic E-state index is 3.60. The van der Waals surface area contributed by atoms with Gasteiger partial charge in [-0.3, -0.25) is 0 Å². The highest BCUT2D eigenvalue weighted by Gasteiger charge is 2.08. The molecule has 0 aromatic carbocycles. The third kappa shape index (κ3) is 7.80.